The number of Topliss-reactive ketones (excluding diaryl/α,β-unsaturated/α-hetero) is 1. The molecule has 166 valence electrons. The fourth-order valence-electron chi connectivity index (χ4n) is 3.77. The summed E-state index contributed by atoms with van der Waals surface area (Å²) in [5, 5.41) is 0. The molecule has 5 heteroatoms. The van der Waals surface area contributed by atoms with Crippen LogP contribution in [0.25, 0.3) is 0 Å². The molecule has 0 radical (unpaired) electrons. The molecule has 0 aliphatic heterocycles. The van der Waals surface area contributed by atoms with Gasteiger partial charge >= 0.3 is 0 Å². The monoisotopic (exact) mass is 472 g/mol. The summed E-state index contributed by atoms with van der Waals surface area (Å²) in [5.74, 6) is -0.564. The number of hydrogen-bond acceptors (Lipinski definition) is 3. The first-order valence-corrected chi connectivity index (χ1v) is 13.1. The highest BCUT2D eigenvalue weighted by atomic mass is 32.2. The summed E-state index contributed by atoms with van der Waals surface area (Å²) >= 11 is 0. The van der Waals surface area contributed by atoms with Crippen LogP contribution in [0.2, 0.25) is 0 Å². The van der Waals surface area contributed by atoms with Gasteiger partial charge in [0.1, 0.15) is 4.58 Å². The third-order valence-electron chi connectivity index (χ3n) is 5.43. The average Bonchev–Trinajstić information content (AvgIpc) is 2.90. The summed E-state index contributed by atoms with van der Waals surface area (Å²) < 4.78 is 27.0. The van der Waals surface area contributed by atoms with Gasteiger partial charge in [0.15, 0.2) is 5.78 Å². The van der Waals surface area contributed by atoms with Crippen LogP contribution in [0.5, 0.6) is 0 Å². The Morgan fingerprint density at radius 2 is 0.970 bits per heavy atom. The van der Waals surface area contributed by atoms with Gasteiger partial charge in [0, 0.05) is 27.7 Å². The summed E-state index contributed by atoms with van der Waals surface area (Å²) in [5.41, 5.74) is 1.44. The van der Waals surface area contributed by atoms with Crippen molar-refractivity contribution in [2.45, 2.75) is 26.7 Å². The van der Waals surface area contributed by atoms with Gasteiger partial charge in [-0.3, -0.25) is 13.2 Å². The summed E-state index contributed by atoms with van der Waals surface area (Å²) in [6.07, 6.45) is 0.107. The molecule has 4 rings (SSSR count). The predicted molar refractivity (Wildman–Crippen MR) is 134 cm³/mol. The van der Waals surface area contributed by atoms with Crippen LogP contribution in [-0.4, -0.2) is 18.8 Å². The molecule has 0 spiro atoms. The molecule has 3 atom stereocenters. The average molecular weight is 473 g/mol. The lowest BCUT2D eigenvalue weighted by Crippen LogP contribution is -2.31. The van der Waals surface area contributed by atoms with E-state index < -0.39 is 32.1 Å². The van der Waals surface area contributed by atoms with Gasteiger partial charge < -0.3 is 0 Å². The molecule has 4 aromatic rings. The molecule has 0 aliphatic rings. The zero-order valence-electron chi connectivity index (χ0n) is 18.0. The van der Waals surface area contributed by atoms with E-state index in [-0.39, 0.29) is 12.2 Å². The molecule has 3 unspecified atom stereocenters. The van der Waals surface area contributed by atoms with Crippen LogP contribution in [0.15, 0.2) is 131 Å². The largest absolute Gasteiger partial charge is 0.294 e. The molecule has 0 bridgehead atoms. The van der Waals surface area contributed by atoms with E-state index in [9.17, 15) is 13.2 Å². The Morgan fingerprint density at radius 1 is 0.576 bits per heavy atom. The van der Waals surface area contributed by atoms with Crippen molar-refractivity contribution in [2.24, 2.45) is 0 Å². The Balaban J connectivity index is 1.81. The van der Waals surface area contributed by atoms with E-state index in [1.54, 1.807) is 36.4 Å². The van der Waals surface area contributed by atoms with Gasteiger partial charge in [0.05, 0.1) is 21.6 Å². The normalized spacial score (nSPS) is 14.7. The van der Waals surface area contributed by atoms with Crippen LogP contribution in [0, 0.1) is 0 Å². The van der Waals surface area contributed by atoms with Gasteiger partial charge in [-0.25, -0.2) is 0 Å². The summed E-state index contributed by atoms with van der Waals surface area (Å²) in [6, 6.07) is 36.7. The third kappa shape index (κ3) is 5.62. The lowest BCUT2D eigenvalue weighted by Gasteiger charge is -2.26. The molecule has 0 aliphatic carbocycles. The fourth-order valence-corrected chi connectivity index (χ4v) is 7.56. The van der Waals surface area contributed by atoms with Crippen molar-refractivity contribution < 1.29 is 13.2 Å². The van der Waals surface area contributed by atoms with E-state index >= 15 is 0 Å². The van der Waals surface area contributed by atoms with Gasteiger partial charge in [0.2, 0.25) is 0 Å². The van der Waals surface area contributed by atoms with E-state index in [0.717, 1.165) is 5.56 Å². The second-order valence-electron chi connectivity index (χ2n) is 7.60. The summed E-state index contributed by atoms with van der Waals surface area (Å²) in [4.78, 5) is 14.4. The Morgan fingerprint density at radius 3 is 1.42 bits per heavy atom. The number of hydrogen-bond donors (Lipinski definition) is 0. The maximum atomic E-state index is 13.9. The van der Waals surface area contributed by atoms with Gasteiger partial charge in [-0.15, -0.1) is 0 Å². The van der Waals surface area contributed by atoms with E-state index in [1.807, 2.05) is 84.9 Å². The third-order valence-corrected chi connectivity index (χ3v) is 9.45. The molecule has 0 fully saturated rings. The molecule has 0 aromatic heterocycles. The second kappa shape index (κ2) is 11.1. The van der Waals surface area contributed by atoms with Crippen molar-refractivity contribution in [2.75, 3.05) is 0 Å². The molecule has 0 saturated carbocycles. The first-order valence-electron chi connectivity index (χ1n) is 10.7. The van der Waals surface area contributed by atoms with Crippen LogP contribution < -0.4 is 0 Å². The number of benzene rings is 4. The molecule has 0 N–H and O–H groups in total. The van der Waals surface area contributed by atoms with Crippen LogP contribution >= 0.6 is 0 Å². The standard InChI is InChI=1S/C28H24O3S2/c29-27(23-15-7-2-8-16-23)21-26(22-13-5-1-6-14-22)28(32(30)24-17-9-3-10-18-24)33(31)25-19-11-4-12-20-25/h1-20,26,28H,21H2. The smallest absolute Gasteiger partial charge is 0.163 e. The first kappa shape index (κ1) is 23.0. The fraction of sp³-hybridized carbons (Fsp3) is 0.107. The molecule has 0 amide bonds. The zero-order valence-corrected chi connectivity index (χ0v) is 19.6. The van der Waals surface area contributed by atoms with Crippen molar-refractivity contribution >= 4 is 27.4 Å². The molecule has 0 saturated heterocycles. The number of carbonyl (C=O) groups is 1. The maximum Gasteiger partial charge on any atom is 0.163 e. The van der Waals surface area contributed by atoms with E-state index in [4.69, 9.17) is 0 Å². The van der Waals surface area contributed by atoms with Gasteiger partial charge in [-0.05, 0) is 29.8 Å². The minimum atomic E-state index is -1.61. The highest BCUT2D eigenvalue weighted by Crippen LogP contribution is 2.35. The Labute approximate surface area is 199 Å². The highest BCUT2D eigenvalue weighted by molar-refractivity contribution is 8.03. The van der Waals surface area contributed by atoms with Crippen LogP contribution in [0.3, 0.4) is 0 Å². The van der Waals surface area contributed by atoms with Crippen molar-refractivity contribution in [3.05, 3.63) is 132 Å². The minimum absolute atomic E-state index is 0.0652. The molecule has 33 heavy (non-hydrogen) atoms. The lowest BCUT2D eigenvalue weighted by molar-refractivity contribution is 0.0975. The van der Waals surface area contributed by atoms with Crippen molar-refractivity contribution in [3.63, 3.8) is 0 Å². The van der Waals surface area contributed by atoms with E-state index in [1.165, 1.54) is 0 Å². The van der Waals surface area contributed by atoms with Crippen molar-refractivity contribution in [1.82, 2.24) is 0 Å². The topological polar surface area (TPSA) is 51.2 Å². The molecule has 0 heterocycles. The Kier molecular flexibility index (Phi) is 7.76. The van der Waals surface area contributed by atoms with E-state index in [2.05, 4.69) is 0 Å². The van der Waals surface area contributed by atoms with Crippen LogP contribution in [0.1, 0.15) is 28.3 Å². The highest BCUT2D eigenvalue weighted by Gasteiger charge is 2.36. The molecule has 4 aromatic carbocycles. The first-order chi connectivity index (χ1) is 16.1. The maximum absolute atomic E-state index is 13.9. The van der Waals surface area contributed by atoms with Crippen LogP contribution in [0.4, 0.5) is 0 Å². The lowest BCUT2D eigenvalue weighted by atomic mass is 9.93. The van der Waals surface area contributed by atoms with Crippen LogP contribution in [-0.2, 0) is 21.6 Å². The summed E-state index contributed by atoms with van der Waals surface area (Å²) in [7, 11) is -3.22. The number of rotatable bonds is 9. The second-order valence-corrected chi connectivity index (χ2v) is 11.0. The Bertz CT molecular complexity index is 1180. The number of carbonyl (C=O) groups excluding carboxylic acids is 1. The van der Waals surface area contributed by atoms with Crippen molar-refractivity contribution in [1.29, 1.82) is 0 Å². The Hall–Kier alpha value is -3.15. The van der Waals surface area contributed by atoms with Crippen molar-refractivity contribution in [3.8, 4) is 0 Å². The SMILES string of the molecule is O=C(CC(c1ccccc1)C(S(=O)c1ccccc1)S(=O)c1ccccc1)c1ccccc1. The van der Waals surface area contributed by atoms with Gasteiger partial charge in [-0.1, -0.05) is 97.1 Å². The zero-order chi connectivity index (χ0) is 23.0. The minimum Gasteiger partial charge on any atom is -0.294 e. The molecule has 3 nitrogen and oxygen atoms in total. The molecular weight excluding hydrogens is 448 g/mol. The number of ketones is 1. The van der Waals surface area contributed by atoms with E-state index in [0.29, 0.717) is 15.4 Å². The van der Waals surface area contributed by atoms with Gasteiger partial charge in [-0.2, -0.15) is 0 Å². The predicted octanol–water partition coefficient (Wildman–Crippen LogP) is 5.98. The summed E-state index contributed by atoms with van der Waals surface area (Å²) in [6.45, 7) is 0. The quantitative estimate of drug-likeness (QED) is 0.281. The van der Waals surface area contributed by atoms with Gasteiger partial charge in [0.25, 0.3) is 0 Å². The molecular formula is C28H24O3S2.